The van der Waals surface area contributed by atoms with Crippen LogP contribution in [-0.4, -0.2) is 78.6 Å². The molecule has 0 spiro atoms. The number of aliphatic hydroxyl groups excluding tert-OH is 5. The van der Waals surface area contributed by atoms with Gasteiger partial charge in [0.1, 0.15) is 29.8 Å². The molecule has 102 valence electrons. The molecule has 0 unspecified atom stereocenters. The number of aliphatic hydroxyl groups is 5. The Morgan fingerprint density at radius 2 is 1.59 bits per heavy atom. The average molecular weight is 282 g/mol. The van der Waals surface area contributed by atoms with E-state index in [0.717, 1.165) is 0 Å². The van der Waals surface area contributed by atoms with E-state index in [9.17, 15) is 20.1 Å². The lowest BCUT2D eigenvalue weighted by atomic mass is 10.0. The summed E-state index contributed by atoms with van der Waals surface area (Å²) in [5.74, 6) is 0. The first-order valence-electron chi connectivity index (χ1n) is 5.46. The summed E-state index contributed by atoms with van der Waals surface area (Å²) in [5, 5.41) is 45.7. The number of hydrogen-bond acceptors (Lipinski definition) is 6. The van der Waals surface area contributed by atoms with Crippen molar-refractivity contribution >= 4 is 22.0 Å². The van der Waals surface area contributed by atoms with Crippen molar-refractivity contribution in [1.29, 1.82) is 0 Å². The highest BCUT2D eigenvalue weighted by Crippen LogP contribution is 2.08. The highest BCUT2D eigenvalue weighted by atomic mass is 29.2. The molecule has 0 saturated heterocycles. The summed E-state index contributed by atoms with van der Waals surface area (Å²) >= 11 is 0. The molecule has 4 atom stereocenters. The highest BCUT2D eigenvalue weighted by Gasteiger charge is 2.35. The van der Waals surface area contributed by atoms with Crippen LogP contribution in [0.2, 0.25) is 19.6 Å². The SMILES string of the molecule is C[Si](C)(C)[SiH2]C(=O)[C@H](O)[C@@H](O)[C@H](O)[C@H](O)CO. The van der Waals surface area contributed by atoms with Gasteiger partial charge in [0.05, 0.1) is 15.6 Å². The minimum Gasteiger partial charge on any atom is -0.394 e. The van der Waals surface area contributed by atoms with Crippen molar-refractivity contribution in [1.82, 2.24) is 0 Å². The van der Waals surface area contributed by atoms with Gasteiger partial charge in [-0.05, 0) is 0 Å². The summed E-state index contributed by atoms with van der Waals surface area (Å²) < 4.78 is 0. The molecule has 0 aromatic rings. The van der Waals surface area contributed by atoms with Crippen LogP contribution < -0.4 is 0 Å². The lowest BCUT2D eigenvalue weighted by Crippen LogP contribution is -2.52. The molecule has 0 bridgehead atoms. The van der Waals surface area contributed by atoms with Crippen molar-refractivity contribution in [3.8, 4) is 0 Å². The molecule has 17 heavy (non-hydrogen) atoms. The van der Waals surface area contributed by atoms with Gasteiger partial charge >= 0.3 is 0 Å². The average Bonchev–Trinajstić information content (AvgIpc) is 2.22. The predicted octanol–water partition coefficient (Wildman–Crippen LogP) is -3.05. The monoisotopic (exact) mass is 282 g/mol. The minimum absolute atomic E-state index is 0.416. The number of carbonyl (C=O) groups is 1. The summed E-state index contributed by atoms with van der Waals surface area (Å²) in [5.41, 5.74) is 0. The zero-order chi connectivity index (χ0) is 13.8. The number of carbonyl (C=O) groups excluding carboxylic acids is 1. The molecular weight excluding hydrogens is 260 g/mol. The fraction of sp³-hybridized carbons (Fsp3) is 0.889. The Morgan fingerprint density at radius 3 is 1.94 bits per heavy atom. The van der Waals surface area contributed by atoms with Gasteiger partial charge in [-0.1, -0.05) is 19.6 Å². The first-order chi connectivity index (χ1) is 7.60. The van der Waals surface area contributed by atoms with Crippen molar-refractivity contribution in [2.24, 2.45) is 0 Å². The zero-order valence-electron chi connectivity index (χ0n) is 10.4. The van der Waals surface area contributed by atoms with E-state index in [1.807, 2.05) is 19.6 Å². The molecule has 0 aromatic carbocycles. The molecule has 0 aliphatic rings. The van der Waals surface area contributed by atoms with Crippen LogP contribution in [0.5, 0.6) is 0 Å². The standard InChI is InChI=1S/C9H22O6Si2/c1-17(2,3)16-9(15)8(14)7(13)6(12)5(11)4-10/h5-8,10-14H,4,16H2,1-3H3/t5-,6-,7+,8-/m1/s1. The molecule has 0 amide bonds. The van der Waals surface area contributed by atoms with E-state index in [0.29, 0.717) is 0 Å². The van der Waals surface area contributed by atoms with Gasteiger partial charge in [0, 0.05) is 7.59 Å². The summed E-state index contributed by atoms with van der Waals surface area (Å²) in [6.45, 7) is 5.24. The first kappa shape index (κ1) is 16.9. The predicted molar refractivity (Wildman–Crippen MR) is 68.0 cm³/mol. The van der Waals surface area contributed by atoms with Gasteiger partial charge in [-0.3, -0.25) is 0 Å². The Labute approximate surface area is 104 Å². The van der Waals surface area contributed by atoms with Gasteiger partial charge in [0.2, 0.25) is 0 Å². The summed E-state index contributed by atoms with van der Waals surface area (Å²) in [4.78, 5) is 11.6. The van der Waals surface area contributed by atoms with E-state index in [-0.39, 0.29) is 0 Å². The molecule has 0 aromatic heterocycles. The summed E-state index contributed by atoms with van der Waals surface area (Å²) in [6, 6.07) is 0. The zero-order valence-corrected chi connectivity index (χ0v) is 12.8. The van der Waals surface area contributed by atoms with Crippen molar-refractivity contribution in [2.75, 3.05) is 6.61 Å². The van der Waals surface area contributed by atoms with E-state index in [1.54, 1.807) is 0 Å². The second kappa shape index (κ2) is 6.73. The summed E-state index contributed by atoms with van der Waals surface area (Å²) in [7, 11) is -2.72. The Hall–Kier alpha value is -0.0962. The Bertz CT molecular complexity index is 254. The van der Waals surface area contributed by atoms with Gasteiger partial charge in [0.25, 0.3) is 0 Å². The van der Waals surface area contributed by atoms with Gasteiger partial charge < -0.3 is 30.3 Å². The lowest BCUT2D eigenvalue weighted by Gasteiger charge is -2.26. The van der Waals surface area contributed by atoms with Crippen LogP contribution in [-0.2, 0) is 4.79 Å². The maximum atomic E-state index is 11.6. The fourth-order valence-corrected chi connectivity index (χ4v) is 6.60. The molecule has 0 radical (unpaired) electrons. The minimum atomic E-state index is -1.76. The fourth-order valence-electron chi connectivity index (χ4n) is 1.34. The van der Waals surface area contributed by atoms with Crippen LogP contribution in [0.3, 0.4) is 0 Å². The molecular formula is C9H22O6Si2. The topological polar surface area (TPSA) is 118 Å². The normalized spacial score (nSPS) is 20.2. The molecule has 0 saturated carbocycles. The van der Waals surface area contributed by atoms with E-state index < -0.39 is 53.1 Å². The van der Waals surface area contributed by atoms with Crippen molar-refractivity contribution < 1.29 is 30.3 Å². The Morgan fingerprint density at radius 1 is 1.12 bits per heavy atom. The molecule has 0 heterocycles. The maximum absolute atomic E-state index is 11.6. The number of rotatable bonds is 7. The third kappa shape index (κ3) is 5.86. The van der Waals surface area contributed by atoms with Crippen LogP contribution in [0.25, 0.3) is 0 Å². The molecule has 0 rings (SSSR count). The van der Waals surface area contributed by atoms with Crippen LogP contribution in [0.15, 0.2) is 0 Å². The van der Waals surface area contributed by atoms with Crippen LogP contribution in [0.4, 0.5) is 0 Å². The third-order valence-corrected chi connectivity index (χ3v) is 8.34. The van der Waals surface area contributed by atoms with E-state index in [4.69, 9.17) is 10.2 Å². The maximum Gasteiger partial charge on any atom is 0.135 e. The molecule has 8 heteroatoms. The van der Waals surface area contributed by atoms with Crippen molar-refractivity contribution in [3.05, 3.63) is 0 Å². The number of hydrogen-bond donors (Lipinski definition) is 5. The van der Waals surface area contributed by atoms with Gasteiger partial charge in [-0.15, -0.1) is 0 Å². The van der Waals surface area contributed by atoms with Crippen LogP contribution >= 0.6 is 0 Å². The highest BCUT2D eigenvalue weighted by molar-refractivity contribution is 7.33. The molecule has 5 N–H and O–H groups in total. The Kier molecular flexibility index (Phi) is 6.70. The van der Waals surface area contributed by atoms with Crippen LogP contribution in [0.1, 0.15) is 0 Å². The second-order valence-electron chi connectivity index (χ2n) is 5.38. The molecule has 6 nitrogen and oxygen atoms in total. The van der Waals surface area contributed by atoms with E-state index in [1.165, 1.54) is 0 Å². The second-order valence-corrected chi connectivity index (χ2v) is 19.0. The van der Waals surface area contributed by atoms with Crippen molar-refractivity contribution in [3.63, 3.8) is 0 Å². The first-order valence-corrected chi connectivity index (χ1v) is 12.0. The Balaban J connectivity index is 4.49. The van der Waals surface area contributed by atoms with Crippen LogP contribution in [0, 0.1) is 0 Å². The van der Waals surface area contributed by atoms with E-state index >= 15 is 0 Å². The smallest absolute Gasteiger partial charge is 0.135 e. The molecule has 0 fully saturated rings. The van der Waals surface area contributed by atoms with Gasteiger partial charge in [-0.2, -0.15) is 0 Å². The lowest BCUT2D eigenvalue weighted by molar-refractivity contribution is -0.140. The molecule has 0 aliphatic heterocycles. The largest absolute Gasteiger partial charge is 0.394 e. The van der Waals surface area contributed by atoms with Gasteiger partial charge in [-0.25, -0.2) is 0 Å². The quantitative estimate of drug-likeness (QED) is 0.317. The van der Waals surface area contributed by atoms with Gasteiger partial charge in [0.15, 0.2) is 0 Å². The third-order valence-electron chi connectivity index (χ3n) is 2.29. The van der Waals surface area contributed by atoms with Crippen molar-refractivity contribution in [2.45, 2.75) is 44.1 Å². The summed E-state index contributed by atoms with van der Waals surface area (Å²) in [6.07, 6.45) is -6.73. The van der Waals surface area contributed by atoms with E-state index in [2.05, 4.69) is 0 Å². The molecule has 0 aliphatic carbocycles.